The van der Waals surface area contributed by atoms with Gasteiger partial charge in [0.15, 0.2) is 0 Å². The minimum atomic E-state index is 0.0161. The van der Waals surface area contributed by atoms with Crippen molar-refractivity contribution in [2.75, 3.05) is 38.5 Å². The Morgan fingerprint density at radius 2 is 1.68 bits per heavy atom. The summed E-state index contributed by atoms with van der Waals surface area (Å²) in [6, 6.07) is 8.05. The first-order valence-corrected chi connectivity index (χ1v) is 8.73. The normalized spacial score (nSPS) is 15.3. The molecule has 132 valence electrons. The number of nitrogens with one attached hydrogen (secondary N) is 1. The molecule has 1 aromatic heterocycles. The zero-order valence-electron chi connectivity index (χ0n) is 15.5. The summed E-state index contributed by atoms with van der Waals surface area (Å²) in [4.78, 5) is 21.0. The lowest BCUT2D eigenvalue weighted by Gasteiger charge is -2.32. The number of aryl methyl sites for hydroxylation is 3. The zero-order chi connectivity index (χ0) is 18.0. The number of hydrogen-bond acceptors (Lipinski definition) is 4. The van der Waals surface area contributed by atoms with E-state index in [2.05, 4.69) is 55.2 Å². The Hall–Kier alpha value is -2.40. The SMILES string of the molecule is Cc1cc(C)c(Nc2ccc(C(=O)N3CCN(C)CC3)nc2)c(C)c1. The summed E-state index contributed by atoms with van der Waals surface area (Å²) in [7, 11) is 2.08. The van der Waals surface area contributed by atoms with E-state index in [-0.39, 0.29) is 5.91 Å². The fraction of sp³-hybridized carbons (Fsp3) is 0.400. The number of piperazine rings is 1. The van der Waals surface area contributed by atoms with Gasteiger partial charge in [-0.1, -0.05) is 17.7 Å². The average molecular weight is 338 g/mol. The van der Waals surface area contributed by atoms with E-state index in [4.69, 9.17) is 0 Å². The lowest BCUT2D eigenvalue weighted by atomic mass is 10.0. The third kappa shape index (κ3) is 3.99. The molecule has 0 saturated carbocycles. The third-order valence-corrected chi connectivity index (χ3v) is 4.72. The van der Waals surface area contributed by atoms with Gasteiger partial charge in [0, 0.05) is 31.9 Å². The molecule has 2 aromatic rings. The Morgan fingerprint density at radius 3 is 2.24 bits per heavy atom. The summed E-state index contributed by atoms with van der Waals surface area (Å²) in [5.41, 5.74) is 6.17. The predicted octanol–water partition coefficient (Wildman–Crippen LogP) is 3.14. The molecule has 0 spiro atoms. The van der Waals surface area contributed by atoms with Crippen LogP contribution in [0.5, 0.6) is 0 Å². The highest BCUT2D eigenvalue weighted by Crippen LogP contribution is 2.25. The lowest BCUT2D eigenvalue weighted by Crippen LogP contribution is -2.47. The second kappa shape index (κ2) is 7.23. The Bertz CT molecular complexity index is 739. The fourth-order valence-corrected chi connectivity index (χ4v) is 3.29. The molecule has 1 saturated heterocycles. The molecule has 25 heavy (non-hydrogen) atoms. The van der Waals surface area contributed by atoms with Gasteiger partial charge in [0.05, 0.1) is 11.9 Å². The quantitative estimate of drug-likeness (QED) is 0.934. The molecule has 1 amide bonds. The Morgan fingerprint density at radius 1 is 1.04 bits per heavy atom. The summed E-state index contributed by atoms with van der Waals surface area (Å²) in [5.74, 6) is 0.0161. The predicted molar refractivity (Wildman–Crippen MR) is 102 cm³/mol. The number of rotatable bonds is 3. The first-order valence-electron chi connectivity index (χ1n) is 8.73. The van der Waals surface area contributed by atoms with Crippen LogP contribution in [-0.4, -0.2) is 53.9 Å². The third-order valence-electron chi connectivity index (χ3n) is 4.72. The average Bonchev–Trinajstić information content (AvgIpc) is 2.59. The van der Waals surface area contributed by atoms with E-state index in [1.165, 1.54) is 16.7 Å². The molecule has 1 aliphatic heterocycles. The lowest BCUT2D eigenvalue weighted by molar-refractivity contribution is 0.0658. The molecule has 3 rings (SSSR count). The number of pyridine rings is 1. The summed E-state index contributed by atoms with van der Waals surface area (Å²) < 4.78 is 0. The summed E-state index contributed by atoms with van der Waals surface area (Å²) in [6.45, 7) is 9.65. The number of anilines is 2. The molecule has 5 nitrogen and oxygen atoms in total. The number of aromatic nitrogens is 1. The van der Waals surface area contributed by atoms with Gasteiger partial charge in [-0.25, -0.2) is 4.98 Å². The van der Waals surface area contributed by atoms with Gasteiger partial charge in [0.1, 0.15) is 5.69 Å². The molecule has 0 radical (unpaired) electrons. The summed E-state index contributed by atoms with van der Waals surface area (Å²) in [6.07, 6.45) is 1.74. The van der Waals surface area contributed by atoms with Crippen LogP contribution in [0, 0.1) is 20.8 Å². The van der Waals surface area contributed by atoms with Gasteiger partial charge in [0.2, 0.25) is 0 Å². The first-order chi connectivity index (χ1) is 11.9. The van der Waals surface area contributed by atoms with E-state index < -0.39 is 0 Å². The van der Waals surface area contributed by atoms with Gasteiger partial charge in [0.25, 0.3) is 5.91 Å². The maximum Gasteiger partial charge on any atom is 0.272 e. The van der Waals surface area contributed by atoms with Crippen LogP contribution in [0.15, 0.2) is 30.5 Å². The fourth-order valence-electron chi connectivity index (χ4n) is 3.29. The minimum absolute atomic E-state index is 0.0161. The highest BCUT2D eigenvalue weighted by atomic mass is 16.2. The van der Waals surface area contributed by atoms with E-state index in [0.717, 1.165) is 37.6 Å². The smallest absolute Gasteiger partial charge is 0.272 e. The van der Waals surface area contributed by atoms with Crippen molar-refractivity contribution in [2.24, 2.45) is 0 Å². The standard InChI is InChI=1S/C20H26N4O/c1-14-11-15(2)19(16(3)12-14)22-17-5-6-18(21-13-17)20(25)24-9-7-23(4)8-10-24/h5-6,11-13,22H,7-10H2,1-4H3. The second-order valence-electron chi connectivity index (χ2n) is 6.93. The number of carbonyl (C=O) groups is 1. The van der Waals surface area contributed by atoms with Crippen LogP contribution in [-0.2, 0) is 0 Å². The number of nitrogens with zero attached hydrogens (tertiary/aromatic N) is 3. The maximum absolute atomic E-state index is 12.5. The molecule has 5 heteroatoms. The van der Waals surface area contributed by atoms with Crippen LogP contribution in [0.1, 0.15) is 27.2 Å². The largest absolute Gasteiger partial charge is 0.354 e. The maximum atomic E-state index is 12.5. The van der Waals surface area contributed by atoms with E-state index in [1.807, 2.05) is 17.0 Å². The van der Waals surface area contributed by atoms with Gasteiger partial charge in [-0.15, -0.1) is 0 Å². The Labute approximate surface area is 149 Å². The molecule has 1 aromatic carbocycles. The molecule has 1 aliphatic rings. The van der Waals surface area contributed by atoms with Crippen molar-refractivity contribution in [3.63, 3.8) is 0 Å². The second-order valence-corrected chi connectivity index (χ2v) is 6.93. The van der Waals surface area contributed by atoms with Gasteiger partial charge < -0.3 is 15.1 Å². The number of likely N-dealkylation sites (N-methyl/N-ethyl adjacent to an activating group) is 1. The van der Waals surface area contributed by atoms with E-state index in [1.54, 1.807) is 6.20 Å². The van der Waals surface area contributed by atoms with Crippen LogP contribution in [0.3, 0.4) is 0 Å². The minimum Gasteiger partial charge on any atom is -0.354 e. The zero-order valence-corrected chi connectivity index (χ0v) is 15.5. The van der Waals surface area contributed by atoms with Crippen molar-refractivity contribution in [1.82, 2.24) is 14.8 Å². The van der Waals surface area contributed by atoms with Gasteiger partial charge in [-0.3, -0.25) is 4.79 Å². The van der Waals surface area contributed by atoms with Crippen LogP contribution in [0.25, 0.3) is 0 Å². The number of carbonyl (C=O) groups excluding carboxylic acids is 1. The van der Waals surface area contributed by atoms with E-state index in [9.17, 15) is 4.79 Å². The van der Waals surface area contributed by atoms with Crippen LogP contribution in [0.2, 0.25) is 0 Å². The topological polar surface area (TPSA) is 48.5 Å². The number of hydrogen-bond donors (Lipinski definition) is 1. The molecule has 0 aliphatic carbocycles. The molecular formula is C20H26N4O. The Balaban J connectivity index is 1.71. The van der Waals surface area contributed by atoms with Crippen LogP contribution < -0.4 is 5.32 Å². The van der Waals surface area contributed by atoms with E-state index in [0.29, 0.717) is 5.69 Å². The van der Waals surface area contributed by atoms with Crippen molar-refractivity contribution in [3.05, 3.63) is 52.8 Å². The molecule has 2 heterocycles. The van der Waals surface area contributed by atoms with Crippen molar-refractivity contribution < 1.29 is 4.79 Å². The first kappa shape index (κ1) is 17.4. The number of amides is 1. The van der Waals surface area contributed by atoms with Gasteiger partial charge in [-0.05, 0) is 51.1 Å². The molecular weight excluding hydrogens is 312 g/mol. The van der Waals surface area contributed by atoms with Gasteiger partial charge in [-0.2, -0.15) is 0 Å². The van der Waals surface area contributed by atoms with Crippen molar-refractivity contribution >= 4 is 17.3 Å². The summed E-state index contributed by atoms with van der Waals surface area (Å²) in [5, 5.41) is 3.43. The van der Waals surface area contributed by atoms with Crippen molar-refractivity contribution in [3.8, 4) is 0 Å². The monoisotopic (exact) mass is 338 g/mol. The number of benzene rings is 1. The molecule has 1 fully saturated rings. The van der Waals surface area contributed by atoms with Crippen LogP contribution >= 0.6 is 0 Å². The summed E-state index contributed by atoms with van der Waals surface area (Å²) >= 11 is 0. The van der Waals surface area contributed by atoms with E-state index >= 15 is 0 Å². The van der Waals surface area contributed by atoms with Crippen molar-refractivity contribution in [2.45, 2.75) is 20.8 Å². The highest BCUT2D eigenvalue weighted by molar-refractivity contribution is 5.92. The van der Waals surface area contributed by atoms with Crippen LogP contribution in [0.4, 0.5) is 11.4 Å². The molecule has 0 bridgehead atoms. The Kier molecular flexibility index (Phi) is 5.04. The van der Waals surface area contributed by atoms with Gasteiger partial charge >= 0.3 is 0 Å². The molecule has 0 unspecified atom stereocenters. The highest BCUT2D eigenvalue weighted by Gasteiger charge is 2.21. The van der Waals surface area contributed by atoms with Crippen molar-refractivity contribution in [1.29, 1.82) is 0 Å². The molecule has 1 N–H and O–H groups in total. The molecule has 0 atom stereocenters.